The number of rotatable bonds is 6. The topological polar surface area (TPSA) is 63.7 Å². The Hall–Kier alpha value is -1.11. The maximum Gasteiger partial charge on any atom is 0.262 e. The molecule has 1 aromatic rings. The third kappa shape index (κ3) is 4.19. The van der Waals surface area contributed by atoms with Gasteiger partial charge in [-0.15, -0.1) is 0 Å². The van der Waals surface area contributed by atoms with Gasteiger partial charge in [0.2, 0.25) is 0 Å². The number of carbonyl (C=O) groups excluding carboxylic acids is 1. The van der Waals surface area contributed by atoms with Crippen molar-refractivity contribution in [2.24, 2.45) is 0 Å². The van der Waals surface area contributed by atoms with Crippen LogP contribution in [-0.4, -0.2) is 46.0 Å². The quantitative estimate of drug-likeness (QED) is 0.753. The fourth-order valence-electron chi connectivity index (χ4n) is 1.80. The first-order valence-corrected chi connectivity index (χ1v) is 8.45. The number of hydrogen-bond donors (Lipinski definition) is 0. The molecule has 0 saturated heterocycles. The Balaban J connectivity index is 3.23. The minimum absolute atomic E-state index is 0.0953. The van der Waals surface area contributed by atoms with Crippen molar-refractivity contribution >= 4 is 25.6 Å². The van der Waals surface area contributed by atoms with Crippen LogP contribution >= 0.6 is 10.7 Å². The Bertz CT molecular complexity index is 586. The van der Waals surface area contributed by atoms with E-state index in [-0.39, 0.29) is 16.4 Å². The highest BCUT2D eigenvalue weighted by Crippen LogP contribution is 2.22. The molecule has 0 bridgehead atoms. The van der Waals surface area contributed by atoms with Gasteiger partial charge in [0.1, 0.15) is 0 Å². The van der Waals surface area contributed by atoms with Gasteiger partial charge in [0.15, 0.2) is 0 Å². The maximum absolute atomic E-state index is 12.4. The Labute approximate surface area is 123 Å². The van der Waals surface area contributed by atoms with E-state index in [2.05, 4.69) is 0 Å². The molecule has 1 amide bonds. The standard InChI is InChI=1S/C13H18ClNO4S/c1-4-15(7-8-19-3)13(16)11-9-10(2)5-6-12(11)20(14,17)18/h5-6,9H,4,7-8H2,1-3H3. The number of methoxy groups -OCH3 is 1. The molecular weight excluding hydrogens is 302 g/mol. The van der Waals surface area contributed by atoms with Crippen LogP contribution in [0.3, 0.4) is 0 Å². The maximum atomic E-state index is 12.4. The van der Waals surface area contributed by atoms with Gasteiger partial charge in [0.25, 0.3) is 15.0 Å². The largest absolute Gasteiger partial charge is 0.383 e. The second-order valence-corrected chi connectivity index (χ2v) is 6.85. The van der Waals surface area contributed by atoms with Gasteiger partial charge in [0, 0.05) is 30.9 Å². The number of nitrogens with zero attached hydrogens (tertiary/aromatic N) is 1. The van der Waals surface area contributed by atoms with Crippen LogP contribution in [0.2, 0.25) is 0 Å². The average Bonchev–Trinajstić information content (AvgIpc) is 2.37. The molecule has 0 fully saturated rings. The normalized spacial score (nSPS) is 11.4. The number of aryl methyl sites for hydroxylation is 1. The third-order valence-corrected chi connectivity index (χ3v) is 4.24. The average molecular weight is 320 g/mol. The van der Waals surface area contributed by atoms with Gasteiger partial charge in [-0.05, 0) is 26.0 Å². The molecule has 0 aromatic heterocycles. The molecule has 0 heterocycles. The first-order valence-electron chi connectivity index (χ1n) is 6.14. The molecule has 0 radical (unpaired) electrons. The van der Waals surface area contributed by atoms with Crippen molar-refractivity contribution in [1.82, 2.24) is 4.90 Å². The summed E-state index contributed by atoms with van der Waals surface area (Å²) in [5.74, 6) is -0.368. The van der Waals surface area contributed by atoms with Crippen LogP contribution < -0.4 is 0 Å². The lowest BCUT2D eigenvalue weighted by Crippen LogP contribution is -2.34. The SMILES string of the molecule is CCN(CCOC)C(=O)c1cc(C)ccc1S(=O)(=O)Cl. The monoisotopic (exact) mass is 319 g/mol. The molecular formula is C13H18ClNO4S. The van der Waals surface area contributed by atoms with Gasteiger partial charge in [-0.2, -0.15) is 0 Å². The number of hydrogen-bond acceptors (Lipinski definition) is 4. The van der Waals surface area contributed by atoms with E-state index in [4.69, 9.17) is 15.4 Å². The van der Waals surface area contributed by atoms with E-state index in [1.54, 1.807) is 20.1 Å². The zero-order valence-electron chi connectivity index (χ0n) is 11.7. The zero-order chi connectivity index (χ0) is 15.3. The number of ether oxygens (including phenoxy) is 1. The first-order chi connectivity index (χ1) is 9.31. The molecule has 0 aliphatic heterocycles. The zero-order valence-corrected chi connectivity index (χ0v) is 13.3. The molecule has 0 unspecified atom stereocenters. The van der Waals surface area contributed by atoms with Crippen LogP contribution in [-0.2, 0) is 13.8 Å². The van der Waals surface area contributed by atoms with E-state index >= 15 is 0 Å². The minimum atomic E-state index is -3.96. The molecule has 0 aliphatic carbocycles. The molecule has 7 heteroatoms. The fraction of sp³-hybridized carbons (Fsp3) is 0.462. The summed E-state index contributed by atoms with van der Waals surface area (Å²) >= 11 is 0. The number of carbonyl (C=O) groups is 1. The summed E-state index contributed by atoms with van der Waals surface area (Å²) < 4.78 is 28.1. The van der Waals surface area contributed by atoms with Crippen LogP contribution in [0.5, 0.6) is 0 Å². The molecule has 112 valence electrons. The van der Waals surface area contributed by atoms with Crippen molar-refractivity contribution in [1.29, 1.82) is 0 Å². The molecule has 1 aromatic carbocycles. The summed E-state index contributed by atoms with van der Waals surface area (Å²) in [6.07, 6.45) is 0. The number of amides is 1. The van der Waals surface area contributed by atoms with Crippen molar-refractivity contribution < 1.29 is 17.9 Å². The molecule has 20 heavy (non-hydrogen) atoms. The Kier molecular flexibility index (Phi) is 5.98. The highest BCUT2D eigenvalue weighted by molar-refractivity contribution is 8.13. The van der Waals surface area contributed by atoms with Crippen molar-refractivity contribution in [2.45, 2.75) is 18.7 Å². The molecule has 0 atom stereocenters. The smallest absolute Gasteiger partial charge is 0.262 e. The molecule has 5 nitrogen and oxygen atoms in total. The molecule has 0 spiro atoms. The van der Waals surface area contributed by atoms with Crippen molar-refractivity contribution in [3.05, 3.63) is 29.3 Å². The first kappa shape index (κ1) is 16.9. The summed E-state index contributed by atoms with van der Waals surface area (Å²) in [6.45, 7) is 4.83. The second-order valence-electron chi connectivity index (χ2n) is 4.32. The van der Waals surface area contributed by atoms with Crippen LogP contribution in [0.15, 0.2) is 23.1 Å². The Morgan fingerprint density at radius 1 is 1.40 bits per heavy atom. The highest BCUT2D eigenvalue weighted by Gasteiger charge is 2.23. The lowest BCUT2D eigenvalue weighted by atomic mass is 10.1. The number of benzene rings is 1. The van der Waals surface area contributed by atoms with E-state index in [1.807, 2.05) is 6.92 Å². The summed E-state index contributed by atoms with van der Waals surface area (Å²) in [6, 6.07) is 4.50. The van der Waals surface area contributed by atoms with Crippen LogP contribution in [0.1, 0.15) is 22.8 Å². The summed E-state index contributed by atoms with van der Waals surface area (Å²) in [7, 11) is 2.97. The van der Waals surface area contributed by atoms with Crippen LogP contribution in [0.25, 0.3) is 0 Å². The molecule has 0 aliphatic rings. The van der Waals surface area contributed by atoms with E-state index in [0.29, 0.717) is 19.7 Å². The van der Waals surface area contributed by atoms with Gasteiger partial charge in [0.05, 0.1) is 17.1 Å². The van der Waals surface area contributed by atoms with Gasteiger partial charge < -0.3 is 9.64 Å². The molecule has 1 rings (SSSR count). The highest BCUT2D eigenvalue weighted by atomic mass is 35.7. The third-order valence-electron chi connectivity index (χ3n) is 2.86. The minimum Gasteiger partial charge on any atom is -0.383 e. The number of likely N-dealkylation sites (N-methyl/N-ethyl adjacent to an activating group) is 1. The van der Waals surface area contributed by atoms with Crippen LogP contribution in [0.4, 0.5) is 0 Å². The second kappa shape index (κ2) is 7.06. The predicted octanol–water partition coefficient (Wildman–Crippen LogP) is 2.03. The fourth-order valence-corrected chi connectivity index (χ4v) is 2.84. The van der Waals surface area contributed by atoms with E-state index in [1.165, 1.54) is 17.0 Å². The van der Waals surface area contributed by atoms with Gasteiger partial charge in [-0.1, -0.05) is 11.6 Å². The van der Waals surface area contributed by atoms with Crippen molar-refractivity contribution in [2.75, 3.05) is 26.8 Å². The van der Waals surface area contributed by atoms with Gasteiger partial charge >= 0.3 is 0 Å². The summed E-state index contributed by atoms with van der Waals surface area (Å²) in [5, 5.41) is 0. The van der Waals surface area contributed by atoms with Gasteiger partial charge in [-0.3, -0.25) is 4.79 Å². The van der Waals surface area contributed by atoms with E-state index in [9.17, 15) is 13.2 Å². The Morgan fingerprint density at radius 2 is 2.05 bits per heavy atom. The lowest BCUT2D eigenvalue weighted by Gasteiger charge is -2.21. The summed E-state index contributed by atoms with van der Waals surface area (Å²) in [5.41, 5.74) is 0.887. The Morgan fingerprint density at radius 3 is 2.55 bits per heavy atom. The van der Waals surface area contributed by atoms with Crippen LogP contribution in [0, 0.1) is 6.92 Å². The lowest BCUT2D eigenvalue weighted by molar-refractivity contribution is 0.0702. The molecule has 0 N–H and O–H groups in total. The predicted molar refractivity (Wildman–Crippen MR) is 77.7 cm³/mol. The molecule has 0 saturated carbocycles. The van der Waals surface area contributed by atoms with Crippen molar-refractivity contribution in [3.63, 3.8) is 0 Å². The number of halogens is 1. The van der Waals surface area contributed by atoms with E-state index in [0.717, 1.165) is 5.56 Å². The van der Waals surface area contributed by atoms with E-state index < -0.39 is 9.05 Å². The van der Waals surface area contributed by atoms with Crippen molar-refractivity contribution in [3.8, 4) is 0 Å². The summed E-state index contributed by atoms with van der Waals surface area (Å²) in [4.78, 5) is 13.8. The van der Waals surface area contributed by atoms with Gasteiger partial charge in [-0.25, -0.2) is 8.42 Å².